The van der Waals surface area contributed by atoms with E-state index < -0.39 is 12.0 Å². The average molecular weight is 200 g/mol. The first-order valence-corrected chi connectivity index (χ1v) is 3.25. The number of carbonyl (C=O) groups is 2. The van der Waals surface area contributed by atoms with Gasteiger partial charge in [0.2, 0.25) is 0 Å². The number of rotatable bonds is 4. The van der Waals surface area contributed by atoms with Crippen LogP contribution in [0.25, 0.3) is 0 Å². The van der Waals surface area contributed by atoms with Gasteiger partial charge in [0.1, 0.15) is 12.0 Å². The fourth-order valence-electron chi connectivity index (χ4n) is 0.337. The summed E-state index contributed by atoms with van der Waals surface area (Å²) in [6.45, 7) is 3.06. The second kappa shape index (κ2) is 6.17. The van der Waals surface area contributed by atoms with Crippen molar-refractivity contribution in [1.82, 2.24) is 10.9 Å². The van der Waals surface area contributed by atoms with Crippen molar-refractivity contribution in [2.75, 3.05) is 0 Å². The molecule has 76 valence electrons. The fourth-order valence-corrected chi connectivity index (χ4v) is 0.337. The molecule has 0 saturated heterocycles. The molecule has 14 heavy (non-hydrogen) atoms. The maximum Gasteiger partial charge on any atom is 0.355 e. The summed E-state index contributed by atoms with van der Waals surface area (Å²) in [4.78, 5) is 20.5. The highest BCUT2D eigenvalue weighted by molar-refractivity contribution is 6.22. The van der Waals surface area contributed by atoms with E-state index in [4.69, 9.17) is 10.2 Å². The topological polar surface area (TPSA) is 123 Å². The van der Waals surface area contributed by atoms with Crippen molar-refractivity contribution in [3.05, 3.63) is 12.3 Å². The van der Waals surface area contributed by atoms with Crippen LogP contribution in [0.4, 0.5) is 4.79 Å². The minimum absolute atomic E-state index is 0.334. The SMILES string of the molecule is C=C(O)/C=N/NC(=O)N/N=C/C(=O)O. The van der Waals surface area contributed by atoms with Crippen LogP contribution >= 0.6 is 0 Å². The standard InChI is InChI=1S/C6H8N4O4/c1-4(11)2-7-9-6(14)10-8-3-5(12)13/h2-3,11H,1H2,(H,12,13)(H2,9,10,14)/b7-2+,8-3+. The van der Waals surface area contributed by atoms with Crippen LogP contribution < -0.4 is 10.9 Å². The first kappa shape index (κ1) is 11.6. The number of carbonyl (C=O) groups excluding carboxylic acids is 1. The third kappa shape index (κ3) is 7.72. The van der Waals surface area contributed by atoms with E-state index in [0.717, 1.165) is 6.21 Å². The largest absolute Gasteiger partial charge is 0.507 e. The van der Waals surface area contributed by atoms with Gasteiger partial charge >= 0.3 is 12.0 Å². The van der Waals surface area contributed by atoms with Gasteiger partial charge < -0.3 is 10.2 Å². The monoisotopic (exact) mass is 200 g/mol. The number of urea groups is 1. The molecule has 4 N–H and O–H groups in total. The lowest BCUT2D eigenvalue weighted by Gasteiger charge is -1.95. The number of nitrogens with zero attached hydrogens (tertiary/aromatic N) is 2. The summed E-state index contributed by atoms with van der Waals surface area (Å²) < 4.78 is 0. The van der Waals surface area contributed by atoms with Crippen LogP contribution in [0, 0.1) is 0 Å². The molecule has 0 aromatic rings. The summed E-state index contributed by atoms with van der Waals surface area (Å²) in [7, 11) is 0. The second-order valence-electron chi connectivity index (χ2n) is 1.90. The first-order valence-electron chi connectivity index (χ1n) is 3.25. The minimum Gasteiger partial charge on any atom is -0.507 e. The zero-order chi connectivity index (χ0) is 11.0. The number of aliphatic hydroxyl groups is 1. The summed E-state index contributed by atoms with van der Waals surface area (Å²) in [5.74, 6) is -1.63. The molecule has 0 atom stereocenters. The number of hydrogen-bond donors (Lipinski definition) is 4. The van der Waals surface area contributed by atoms with Gasteiger partial charge in [0.25, 0.3) is 0 Å². The summed E-state index contributed by atoms with van der Waals surface area (Å²) in [6.07, 6.45) is 1.38. The molecule has 0 radical (unpaired) electrons. The Kier molecular flexibility index (Phi) is 5.12. The summed E-state index contributed by atoms with van der Waals surface area (Å²) in [5, 5.41) is 22.8. The summed E-state index contributed by atoms with van der Waals surface area (Å²) in [6, 6.07) is -0.847. The Morgan fingerprint density at radius 2 is 1.64 bits per heavy atom. The number of allylic oxidation sites excluding steroid dienone is 1. The molecule has 0 unspecified atom stereocenters. The van der Waals surface area contributed by atoms with Crippen LogP contribution in [0.3, 0.4) is 0 Å². The Morgan fingerprint density at radius 3 is 2.07 bits per heavy atom. The highest BCUT2D eigenvalue weighted by atomic mass is 16.4. The van der Waals surface area contributed by atoms with Crippen molar-refractivity contribution in [3.8, 4) is 0 Å². The number of nitrogens with one attached hydrogen (secondary N) is 2. The predicted molar refractivity (Wildman–Crippen MR) is 48.1 cm³/mol. The zero-order valence-corrected chi connectivity index (χ0v) is 6.97. The lowest BCUT2D eigenvalue weighted by atomic mass is 10.6. The van der Waals surface area contributed by atoms with E-state index in [1.165, 1.54) is 0 Å². The molecular weight excluding hydrogens is 192 g/mol. The smallest absolute Gasteiger partial charge is 0.355 e. The Labute approximate surface area is 78.6 Å². The van der Waals surface area contributed by atoms with Crippen molar-refractivity contribution in [1.29, 1.82) is 0 Å². The van der Waals surface area contributed by atoms with Crippen molar-refractivity contribution in [2.24, 2.45) is 10.2 Å². The number of amides is 2. The number of hydrogen-bond acceptors (Lipinski definition) is 5. The van der Waals surface area contributed by atoms with Gasteiger partial charge in [-0.2, -0.15) is 10.2 Å². The molecular formula is C6H8N4O4. The summed E-state index contributed by atoms with van der Waals surface area (Å²) in [5.41, 5.74) is 3.68. The highest BCUT2D eigenvalue weighted by Gasteiger charge is 1.94. The quantitative estimate of drug-likeness (QED) is 0.275. The van der Waals surface area contributed by atoms with Crippen LogP contribution in [0.1, 0.15) is 0 Å². The number of carboxylic acids is 1. The van der Waals surface area contributed by atoms with Gasteiger partial charge in [0.05, 0.1) is 6.21 Å². The van der Waals surface area contributed by atoms with Crippen molar-refractivity contribution >= 4 is 24.4 Å². The molecule has 0 spiro atoms. The molecule has 0 aromatic heterocycles. The molecule has 0 aromatic carbocycles. The minimum atomic E-state index is -1.29. The molecule has 0 rings (SSSR count). The molecule has 0 fully saturated rings. The summed E-state index contributed by atoms with van der Waals surface area (Å²) >= 11 is 0. The average Bonchev–Trinajstić information content (AvgIpc) is 2.02. The second-order valence-corrected chi connectivity index (χ2v) is 1.90. The lowest BCUT2D eigenvalue weighted by molar-refractivity contribution is -0.128. The number of hydrazone groups is 2. The van der Waals surface area contributed by atoms with Crippen molar-refractivity contribution in [2.45, 2.75) is 0 Å². The maximum atomic E-state index is 10.7. The highest BCUT2D eigenvalue weighted by Crippen LogP contribution is 1.72. The molecule has 0 aliphatic heterocycles. The molecule has 0 aliphatic carbocycles. The van der Waals surface area contributed by atoms with Crippen LogP contribution in [0.5, 0.6) is 0 Å². The first-order chi connectivity index (χ1) is 6.52. The van der Waals surface area contributed by atoms with Gasteiger partial charge in [-0.25, -0.2) is 20.4 Å². The Balaban J connectivity index is 3.77. The van der Waals surface area contributed by atoms with Gasteiger partial charge in [-0.15, -0.1) is 0 Å². The van der Waals surface area contributed by atoms with E-state index in [9.17, 15) is 9.59 Å². The van der Waals surface area contributed by atoms with Crippen LogP contribution in [0.2, 0.25) is 0 Å². The number of aliphatic hydroxyl groups excluding tert-OH is 1. The molecule has 8 heteroatoms. The van der Waals surface area contributed by atoms with Crippen LogP contribution in [0.15, 0.2) is 22.5 Å². The molecule has 0 aliphatic rings. The van der Waals surface area contributed by atoms with Gasteiger partial charge in [-0.05, 0) is 0 Å². The fraction of sp³-hybridized carbons (Fsp3) is 0. The van der Waals surface area contributed by atoms with E-state index in [1.54, 1.807) is 5.43 Å². The Hall–Kier alpha value is -2.38. The normalized spacial score (nSPS) is 10.3. The van der Waals surface area contributed by atoms with E-state index in [1.807, 2.05) is 5.43 Å². The Bertz CT molecular complexity index is 268. The molecule has 8 nitrogen and oxygen atoms in total. The van der Waals surface area contributed by atoms with Gasteiger partial charge in [-0.1, -0.05) is 6.58 Å². The van der Waals surface area contributed by atoms with E-state index in [2.05, 4.69) is 16.8 Å². The van der Waals surface area contributed by atoms with E-state index in [-0.39, 0.29) is 5.76 Å². The predicted octanol–water partition coefficient (Wildman–Crippen LogP) is -0.587. The van der Waals surface area contributed by atoms with E-state index >= 15 is 0 Å². The van der Waals surface area contributed by atoms with Crippen LogP contribution in [-0.2, 0) is 4.79 Å². The lowest BCUT2D eigenvalue weighted by Crippen LogP contribution is -2.28. The third-order valence-corrected chi connectivity index (χ3v) is 0.721. The Morgan fingerprint density at radius 1 is 1.14 bits per heavy atom. The number of carboxylic acid groups (broad SMARTS) is 1. The molecule has 2 amide bonds. The van der Waals surface area contributed by atoms with Gasteiger partial charge in [0, 0.05) is 0 Å². The molecule has 0 saturated carbocycles. The zero-order valence-electron chi connectivity index (χ0n) is 6.97. The van der Waals surface area contributed by atoms with E-state index in [0.29, 0.717) is 6.21 Å². The number of aliphatic carboxylic acids is 1. The van der Waals surface area contributed by atoms with Crippen LogP contribution in [-0.4, -0.2) is 34.6 Å². The van der Waals surface area contributed by atoms with Gasteiger partial charge in [-0.3, -0.25) is 0 Å². The maximum absolute atomic E-state index is 10.7. The third-order valence-electron chi connectivity index (χ3n) is 0.721. The van der Waals surface area contributed by atoms with Gasteiger partial charge in [0.15, 0.2) is 0 Å². The van der Waals surface area contributed by atoms with Crippen molar-refractivity contribution < 1.29 is 19.8 Å². The molecule has 0 heterocycles. The molecule has 0 bridgehead atoms. The van der Waals surface area contributed by atoms with Crippen molar-refractivity contribution in [3.63, 3.8) is 0 Å².